The van der Waals surface area contributed by atoms with Crippen LogP contribution in [0, 0.1) is 11.8 Å². The van der Waals surface area contributed by atoms with Crippen molar-refractivity contribution in [2.24, 2.45) is 11.8 Å². The van der Waals surface area contributed by atoms with Crippen LogP contribution in [0.4, 0.5) is 0 Å². The van der Waals surface area contributed by atoms with E-state index in [2.05, 4.69) is 29.8 Å². The van der Waals surface area contributed by atoms with E-state index < -0.39 is 0 Å². The molecule has 1 amide bonds. The molecule has 0 aromatic heterocycles. The van der Waals surface area contributed by atoms with Crippen LogP contribution in [-0.4, -0.2) is 37.1 Å². The third-order valence-corrected chi connectivity index (χ3v) is 4.98. The summed E-state index contributed by atoms with van der Waals surface area (Å²) in [5.41, 5.74) is 0. The highest BCUT2D eigenvalue weighted by molar-refractivity contribution is 5.81. The maximum Gasteiger partial charge on any atom is 0.236 e. The average Bonchev–Trinajstić information content (AvgIpc) is 2.93. The molecule has 0 bridgehead atoms. The van der Waals surface area contributed by atoms with Crippen molar-refractivity contribution in [1.82, 2.24) is 16.0 Å². The molecule has 0 aromatic carbocycles. The van der Waals surface area contributed by atoms with Crippen LogP contribution < -0.4 is 16.0 Å². The molecule has 4 unspecified atom stereocenters. The number of hydrogen-bond donors (Lipinski definition) is 3. The SMILES string of the molecule is CC(C)CNC(=O)C(C)NC1CCCC1C1CCCCN1. The summed E-state index contributed by atoms with van der Waals surface area (Å²) in [5.74, 6) is 1.35. The number of carbonyl (C=O) groups excluding carboxylic acids is 1. The highest BCUT2D eigenvalue weighted by Crippen LogP contribution is 2.31. The highest BCUT2D eigenvalue weighted by atomic mass is 16.2. The monoisotopic (exact) mass is 295 g/mol. The van der Waals surface area contributed by atoms with Crippen molar-refractivity contribution in [3.63, 3.8) is 0 Å². The number of nitrogens with one attached hydrogen (secondary N) is 3. The number of piperidine rings is 1. The lowest BCUT2D eigenvalue weighted by atomic mass is 9.88. The first kappa shape index (κ1) is 16.8. The van der Waals surface area contributed by atoms with Gasteiger partial charge in [-0.15, -0.1) is 0 Å². The third kappa shape index (κ3) is 4.96. The van der Waals surface area contributed by atoms with Crippen LogP contribution in [0.3, 0.4) is 0 Å². The van der Waals surface area contributed by atoms with Crippen LogP contribution in [0.1, 0.15) is 59.3 Å². The van der Waals surface area contributed by atoms with E-state index in [4.69, 9.17) is 0 Å². The lowest BCUT2D eigenvalue weighted by molar-refractivity contribution is -0.123. The molecule has 2 fully saturated rings. The summed E-state index contributed by atoms with van der Waals surface area (Å²) in [6.07, 6.45) is 7.78. The number of hydrogen-bond acceptors (Lipinski definition) is 3. The summed E-state index contributed by atoms with van der Waals surface area (Å²) in [4.78, 5) is 12.1. The van der Waals surface area contributed by atoms with E-state index in [1.54, 1.807) is 0 Å². The van der Waals surface area contributed by atoms with E-state index >= 15 is 0 Å². The maximum absolute atomic E-state index is 12.1. The van der Waals surface area contributed by atoms with Gasteiger partial charge in [0.25, 0.3) is 0 Å². The Kier molecular flexibility index (Phi) is 6.49. The third-order valence-electron chi connectivity index (χ3n) is 4.98. The number of rotatable bonds is 6. The molecule has 0 aromatic rings. The van der Waals surface area contributed by atoms with Crippen LogP contribution in [0.15, 0.2) is 0 Å². The molecular formula is C17H33N3O. The number of amides is 1. The van der Waals surface area contributed by atoms with Gasteiger partial charge in [0.15, 0.2) is 0 Å². The molecule has 3 N–H and O–H groups in total. The minimum atomic E-state index is -0.0852. The molecule has 1 aliphatic heterocycles. The van der Waals surface area contributed by atoms with Crippen molar-refractivity contribution in [3.05, 3.63) is 0 Å². The van der Waals surface area contributed by atoms with Gasteiger partial charge in [0.05, 0.1) is 6.04 Å². The van der Waals surface area contributed by atoms with Crippen molar-refractivity contribution in [2.75, 3.05) is 13.1 Å². The zero-order valence-corrected chi connectivity index (χ0v) is 14.0. The van der Waals surface area contributed by atoms with E-state index in [0.717, 1.165) is 13.1 Å². The summed E-state index contributed by atoms with van der Waals surface area (Å²) in [6, 6.07) is 1.07. The van der Waals surface area contributed by atoms with Gasteiger partial charge >= 0.3 is 0 Å². The lowest BCUT2D eigenvalue weighted by Crippen LogP contribution is -2.52. The van der Waals surface area contributed by atoms with Gasteiger partial charge in [-0.25, -0.2) is 0 Å². The molecule has 122 valence electrons. The van der Waals surface area contributed by atoms with E-state index in [0.29, 0.717) is 23.9 Å². The second-order valence-electron chi connectivity index (χ2n) is 7.29. The molecule has 1 saturated heterocycles. The summed E-state index contributed by atoms with van der Waals surface area (Å²) >= 11 is 0. The Hall–Kier alpha value is -0.610. The fourth-order valence-corrected chi connectivity index (χ4v) is 3.78. The van der Waals surface area contributed by atoms with Crippen molar-refractivity contribution >= 4 is 5.91 Å². The van der Waals surface area contributed by atoms with Gasteiger partial charge < -0.3 is 16.0 Å². The Bertz CT molecular complexity index is 326. The highest BCUT2D eigenvalue weighted by Gasteiger charge is 2.35. The van der Waals surface area contributed by atoms with Crippen LogP contribution >= 0.6 is 0 Å². The summed E-state index contributed by atoms with van der Waals surface area (Å²) in [6.45, 7) is 8.18. The van der Waals surface area contributed by atoms with Crippen LogP contribution in [0.2, 0.25) is 0 Å². The van der Waals surface area contributed by atoms with E-state index in [1.807, 2.05) is 6.92 Å². The molecule has 1 aliphatic carbocycles. The van der Waals surface area contributed by atoms with Crippen LogP contribution in [0.25, 0.3) is 0 Å². The van der Waals surface area contributed by atoms with Gasteiger partial charge in [-0.2, -0.15) is 0 Å². The molecular weight excluding hydrogens is 262 g/mol. The number of carbonyl (C=O) groups is 1. The van der Waals surface area contributed by atoms with Crippen LogP contribution in [-0.2, 0) is 4.79 Å². The smallest absolute Gasteiger partial charge is 0.236 e. The second-order valence-corrected chi connectivity index (χ2v) is 7.29. The lowest BCUT2D eigenvalue weighted by Gasteiger charge is -2.34. The first-order valence-corrected chi connectivity index (χ1v) is 8.85. The average molecular weight is 295 g/mol. The summed E-state index contributed by atoms with van der Waals surface area (Å²) in [7, 11) is 0. The van der Waals surface area contributed by atoms with Gasteiger partial charge in [-0.05, 0) is 51.0 Å². The first-order valence-electron chi connectivity index (χ1n) is 8.85. The molecule has 1 heterocycles. The van der Waals surface area contributed by atoms with E-state index in [9.17, 15) is 4.79 Å². The molecule has 2 aliphatic rings. The Labute approximate surface area is 129 Å². The van der Waals surface area contributed by atoms with Crippen molar-refractivity contribution in [2.45, 2.75) is 77.4 Å². The Morgan fingerprint density at radius 2 is 1.95 bits per heavy atom. The fourth-order valence-electron chi connectivity index (χ4n) is 3.78. The topological polar surface area (TPSA) is 53.2 Å². The van der Waals surface area contributed by atoms with Gasteiger partial charge in [0.2, 0.25) is 5.91 Å². The van der Waals surface area contributed by atoms with Gasteiger partial charge in [0.1, 0.15) is 0 Å². The standard InChI is InChI=1S/C17H33N3O/c1-12(2)11-19-17(21)13(3)20-16-9-6-7-14(16)15-8-4-5-10-18-15/h12-16,18,20H,4-11H2,1-3H3,(H,19,21). The quantitative estimate of drug-likeness (QED) is 0.703. The minimum absolute atomic E-state index is 0.0852. The minimum Gasteiger partial charge on any atom is -0.354 e. The Morgan fingerprint density at radius 3 is 2.62 bits per heavy atom. The summed E-state index contributed by atoms with van der Waals surface area (Å²) < 4.78 is 0. The summed E-state index contributed by atoms with van der Waals surface area (Å²) in [5, 5.41) is 10.3. The second kappa shape index (κ2) is 8.14. The van der Waals surface area contributed by atoms with Gasteiger partial charge in [-0.3, -0.25) is 4.79 Å². The maximum atomic E-state index is 12.1. The molecule has 21 heavy (non-hydrogen) atoms. The Balaban J connectivity index is 1.81. The first-order chi connectivity index (χ1) is 10.1. The molecule has 4 heteroatoms. The van der Waals surface area contributed by atoms with Gasteiger partial charge in [0, 0.05) is 18.6 Å². The predicted octanol–water partition coefficient (Wildman–Crippen LogP) is 2.05. The van der Waals surface area contributed by atoms with Crippen LogP contribution in [0.5, 0.6) is 0 Å². The molecule has 0 radical (unpaired) electrons. The van der Waals surface area contributed by atoms with E-state index in [1.165, 1.54) is 38.5 Å². The predicted molar refractivity (Wildman–Crippen MR) is 87.2 cm³/mol. The largest absolute Gasteiger partial charge is 0.354 e. The van der Waals surface area contributed by atoms with Crippen molar-refractivity contribution < 1.29 is 4.79 Å². The Morgan fingerprint density at radius 1 is 1.14 bits per heavy atom. The zero-order valence-electron chi connectivity index (χ0n) is 14.0. The molecule has 4 nitrogen and oxygen atoms in total. The molecule has 0 spiro atoms. The zero-order chi connectivity index (χ0) is 15.2. The van der Waals surface area contributed by atoms with Crippen molar-refractivity contribution in [1.29, 1.82) is 0 Å². The fraction of sp³-hybridized carbons (Fsp3) is 0.941. The molecule has 2 rings (SSSR count). The normalized spacial score (nSPS) is 31.3. The van der Waals surface area contributed by atoms with Crippen molar-refractivity contribution in [3.8, 4) is 0 Å². The van der Waals surface area contributed by atoms with Gasteiger partial charge in [-0.1, -0.05) is 26.7 Å². The molecule has 1 saturated carbocycles. The molecule has 4 atom stereocenters. The van der Waals surface area contributed by atoms with E-state index in [-0.39, 0.29) is 11.9 Å².